The molecule has 24 heavy (non-hydrogen) atoms. The van der Waals surface area contributed by atoms with Crippen LogP contribution in [0, 0.1) is 0 Å². The number of piperidine rings is 1. The number of carbonyl (C=O) groups excluding carboxylic acids is 1. The molecule has 0 spiro atoms. The van der Waals surface area contributed by atoms with E-state index in [0.29, 0.717) is 5.56 Å². The zero-order valence-electron chi connectivity index (χ0n) is 13.0. The van der Waals surface area contributed by atoms with Crippen LogP contribution >= 0.6 is 0 Å². The van der Waals surface area contributed by atoms with Crippen LogP contribution in [0.3, 0.4) is 0 Å². The number of hydrogen-bond donors (Lipinski definition) is 2. The predicted octanol–water partition coefficient (Wildman–Crippen LogP) is 1.15. The molecule has 8 nitrogen and oxygen atoms in total. The Morgan fingerprint density at radius 3 is 2.88 bits per heavy atom. The lowest BCUT2D eigenvalue weighted by atomic mass is 10.0. The van der Waals surface area contributed by atoms with Crippen molar-refractivity contribution in [2.24, 2.45) is 0 Å². The van der Waals surface area contributed by atoms with Gasteiger partial charge in [-0.05, 0) is 25.0 Å². The molecule has 1 aliphatic rings. The highest BCUT2D eigenvalue weighted by molar-refractivity contribution is 5.94. The van der Waals surface area contributed by atoms with Crippen LogP contribution in [-0.4, -0.2) is 50.2 Å². The van der Waals surface area contributed by atoms with Gasteiger partial charge in [0.2, 0.25) is 0 Å². The number of aromatic nitrogens is 5. The molecular formula is C16H17N7O. The Bertz CT molecular complexity index is 840. The third kappa shape index (κ3) is 2.78. The summed E-state index contributed by atoms with van der Waals surface area (Å²) in [5.41, 5.74) is 1.39. The van der Waals surface area contributed by atoms with Crippen molar-refractivity contribution in [2.45, 2.75) is 18.9 Å². The first kappa shape index (κ1) is 14.6. The molecular weight excluding hydrogens is 306 g/mol. The van der Waals surface area contributed by atoms with Crippen LogP contribution in [0.1, 0.15) is 23.2 Å². The van der Waals surface area contributed by atoms with Crippen molar-refractivity contribution < 1.29 is 4.79 Å². The van der Waals surface area contributed by atoms with Crippen molar-refractivity contribution in [3.8, 4) is 0 Å². The van der Waals surface area contributed by atoms with Gasteiger partial charge in [0.15, 0.2) is 0 Å². The summed E-state index contributed by atoms with van der Waals surface area (Å²) in [6.45, 7) is 1.69. The lowest BCUT2D eigenvalue weighted by Gasteiger charge is -2.33. The van der Waals surface area contributed by atoms with Crippen molar-refractivity contribution in [1.29, 1.82) is 0 Å². The molecule has 0 saturated carbocycles. The molecule has 4 heterocycles. The van der Waals surface area contributed by atoms with Gasteiger partial charge in [0.05, 0.1) is 23.3 Å². The van der Waals surface area contributed by atoms with Gasteiger partial charge in [-0.3, -0.25) is 4.79 Å². The normalized spacial score (nSPS) is 15.6. The number of amides is 1. The van der Waals surface area contributed by atoms with Crippen LogP contribution in [0.4, 0.5) is 5.82 Å². The van der Waals surface area contributed by atoms with E-state index in [1.807, 2.05) is 12.3 Å². The van der Waals surface area contributed by atoms with Gasteiger partial charge in [-0.1, -0.05) is 0 Å². The monoisotopic (exact) mass is 323 g/mol. The smallest absolute Gasteiger partial charge is 0.253 e. The van der Waals surface area contributed by atoms with E-state index >= 15 is 0 Å². The van der Waals surface area contributed by atoms with Gasteiger partial charge in [-0.15, -0.1) is 0 Å². The molecule has 3 aromatic rings. The Kier molecular flexibility index (Phi) is 3.78. The number of aromatic amines is 1. The molecule has 122 valence electrons. The number of nitrogens with zero attached hydrogens (tertiary/aromatic N) is 5. The molecule has 1 amide bonds. The maximum Gasteiger partial charge on any atom is 0.253 e. The minimum absolute atomic E-state index is 0.0987. The Labute approximate surface area is 138 Å². The van der Waals surface area contributed by atoms with E-state index in [2.05, 4.69) is 35.4 Å². The average Bonchev–Trinajstić information content (AvgIpc) is 3.12. The molecule has 4 rings (SSSR count). The van der Waals surface area contributed by atoms with Crippen LogP contribution in [0.5, 0.6) is 0 Å². The van der Waals surface area contributed by atoms with Crippen LogP contribution < -0.4 is 10.2 Å². The first-order valence-corrected chi connectivity index (χ1v) is 7.92. The summed E-state index contributed by atoms with van der Waals surface area (Å²) in [7, 11) is 0. The highest BCUT2D eigenvalue weighted by atomic mass is 16.1. The second kappa shape index (κ2) is 6.23. The highest BCUT2D eigenvalue weighted by Gasteiger charge is 2.23. The lowest BCUT2D eigenvalue weighted by Crippen LogP contribution is -2.45. The maximum atomic E-state index is 12.2. The SMILES string of the molecule is O=C(NC1CCN(c2ncnc3[nH]ccc23)CC1)c1ccnnc1. The Balaban J connectivity index is 1.40. The summed E-state index contributed by atoms with van der Waals surface area (Å²) >= 11 is 0. The van der Waals surface area contributed by atoms with Crippen LogP contribution in [0.25, 0.3) is 11.0 Å². The highest BCUT2D eigenvalue weighted by Crippen LogP contribution is 2.25. The van der Waals surface area contributed by atoms with Crippen LogP contribution in [0.15, 0.2) is 37.1 Å². The van der Waals surface area contributed by atoms with Crippen LogP contribution in [-0.2, 0) is 0 Å². The number of hydrogen-bond acceptors (Lipinski definition) is 6. The standard InChI is InChI=1S/C16H17N7O/c24-16(11-1-6-20-21-9-11)22-12-3-7-23(8-4-12)15-13-2-5-17-14(13)18-10-19-15/h1-2,5-6,9-10,12H,3-4,7-8H2,(H,22,24)(H,17,18,19). The van der Waals surface area contributed by atoms with Gasteiger partial charge in [0, 0.05) is 25.3 Å². The molecule has 0 aromatic carbocycles. The first-order valence-electron chi connectivity index (χ1n) is 7.92. The molecule has 2 N–H and O–H groups in total. The molecule has 1 fully saturated rings. The topological polar surface area (TPSA) is 99.7 Å². The third-order valence-corrected chi connectivity index (χ3v) is 4.31. The minimum atomic E-state index is -0.0987. The van der Waals surface area contributed by atoms with E-state index in [1.54, 1.807) is 12.4 Å². The summed E-state index contributed by atoms with van der Waals surface area (Å²) in [5, 5.41) is 11.5. The van der Waals surface area contributed by atoms with Gasteiger partial charge in [-0.2, -0.15) is 10.2 Å². The van der Waals surface area contributed by atoms with Crippen molar-refractivity contribution in [2.75, 3.05) is 18.0 Å². The molecule has 8 heteroatoms. The number of anilines is 1. The zero-order valence-corrected chi connectivity index (χ0v) is 13.0. The van der Waals surface area contributed by atoms with E-state index in [-0.39, 0.29) is 11.9 Å². The van der Waals surface area contributed by atoms with E-state index in [9.17, 15) is 4.79 Å². The quantitative estimate of drug-likeness (QED) is 0.750. The van der Waals surface area contributed by atoms with Gasteiger partial charge in [0.25, 0.3) is 5.91 Å². The number of carbonyl (C=O) groups is 1. The van der Waals surface area contributed by atoms with E-state index in [4.69, 9.17) is 0 Å². The van der Waals surface area contributed by atoms with Gasteiger partial charge in [0.1, 0.15) is 17.8 Å². The van der Waals surface area contributed by atoms with Crippen molar-refractivity contribution in [3.05, 3.63) is 42.6 Å². The molecule has 0 radical (unpaired) electrons. The van der Waals surface area contributed by atoms with E-state index in [1.165, 1.54) is 12.4 Å². The van der Waals surface area contributed by atoms with Gasteiger partial charge in [-0.25, -0.2) is 9.97 Å². The average molecular weight is 323 g/mol. The number of rotatable bonds is 3. The molecule has 0 bridgehead atoms. The molecule has 1 saturated heterocycles. The fourth-order valence-corrected chi connectivity index (χ4v) is 3.04. The zero-order chi connectivity index (χ0) is 16.4. The summed E-state index contributed by atoms with van der Waals surface area (Å²) in [5.74, 6) is 0.850. The van der Waals surface area contributed by atoms with Crippen LogP contribution in [0.2, 0.25) is 0 Å². The predicted molar refractivity (Wildman–Crippen MR) is 88.6 cm³/mol. The minimum Gasteiger partial charge on any atom is -0.356 e. The Hall–Kier alpha value is -3.03. The second-order valence-electron chi connectivity index (χ2n) is 5.80. The molecule has 1 aliphatic heterocycles. The Morgan fingerprint density at radius 2 is 2.08 bits per heavy atom. The number of nitrogens with one attached hydrogen (secondary N) is 2. The van der Waals surface area contributed by atoms with E-state index < -0.39 is 0 Å². The summed E-state index contributed by atoms with van der Waals surface area (Å²) in [4.78, 5) is 26.2. The van der Waals surface area contributed by atoms with E-state index in [0.717, 1.165) is 42.8 Å². The van der Waals surface area contributed by atoms with Crippen molar-refractivity contribution >= 4 is 22.8 Å². The van der Waals surface area contributed by atoms with Crippen molar-refractivity contribution in [3.63, 3.8) is 0 Å². The number of fused-ring (bicyclic) bond motifs is 1. The molecule has 0 unspecified atom stereocenters. The molecule has 3 aromatic heterocycles. The fourth-order valence-electron chi connectivity index (χ4n) is 3.04. The molecule has 0 aliphatic carbocycles. The molecule has 0 atom stereocenters. The summed E-state index contributed by atoms with van der Waals surface area (Å²) in [6.07, 6.45) is 8.21. The summed E-state index contributed by atoms with van der Waals surface area (Å²) in [6, 6.07) is 3.82. The fraction of sp³-hybridized carbons (Fsp3) is 0.312. The second-order valence-corrected chi connectivity index (χ2v) is 5.80. The number of H-pyrrole nitrogens is 1. The third-order valence-electron chi connectivity index (χ3n) is 4.31. The lowest BCUT2D eigenvalue weighted by molar-refractivity contribution is 0.0930. The van der Waals surface area contributed by atoms with Gasteiger partial charge < -0.3 is 15.2 Å². The van der Waals surface area contributed by atoms with Gasteiger partial charge >= 0.3 is 0 Å². The maximum absolute atomic E-state index is 12.2. The largest absolute Gasteiger partial charge is 0.356 e. The van der Waals surface area contributed by atoms with Crippen molar-refractivity contribution in [1.82, 2.24) is 30.5 Å². The first-order chi connectivity index (χ1) is 11.8. The summed E-state index contributed by atoms with van der Waals surface area (Å²) < 4.78 is 0. The Morgan fingerprint density at radius 1 is 1.21 bits per heavy atom.